The second-order valence-electron chi connectivity index (χ2n) is 5.23. The fraction of sp³-hybridized carbons (Fsp3) is 0.250. The van der Waals surface area contributed by atoms with E-state index in [1.54, 1.807) is 11.3 Å². The van der Waals surface area contributed by atoms with E-state index < -0.39 is 0 Å². The van der Waals surface area contributed by atoms with Crippen LogP contribution in [0.5, 0.6) is 0 Å². The Balaban J connectivity index is 1.73. The molecule has 108 valence electrons. The first kappa shape index (κ1) is 14.4. The highest BCUT2D eigenvalue weighted by Crippen LogP contribution is 2.25. The van der Waals surface area contributed by atoms with Crippen LogP contribution in [0.15, 0.2) is 35.7 Å². The zero-order chi connectivity index (χ0) is 14.8. The van der Waals surface area contributed by atoms with Gasteiger partial charge in [0, 0.05) is 11.9 Å². The number of aromatic nitrogens is 2. The zero-order valence-electron chi connectivity index (χ0n) is 12.0. The molecule has 0 atom stereocenters. The van der Waals surface area contributed by atoms with Crippen molar-refractivity contribution in [1.82, 2.24) is 14.9 Å². The Labute approximate surface area is 133 Å². The molecular formula is C16H16ClN3S. The number of thiophene rings is 1. The first-order valence-corrected chi connectivity index (χ1v) is 8.01. The highest BCUT2D eigenvalue weighted by atomic mass is 35.5. The van der Waals surface area contributed by atoms with Gasteiger partial charge in [0.05, 0.1) is 6.54 Å². The predicted molar refractivity (Wildman–Crippen MR) is 88.8 cm³/mol. The molecule has 0 amide bonds. The van der Waals surface area contributed by atoms with E-state index in [1.807, 2.05) is 11.4 Å². The Bertz CT molecular complexity index is 752. The summed E-state index contributed by atoms with van der Waals surface area (Å²) < 4.78 is 0. The monoisotopic (exact) mass is 317 g/mol. The molecule has 0 radical (unpaired) electrons. The summed E-state index contributed by atoms with van der Waals surface area (Å²) in [5.41, 5.74) is 2.56. The van der Waals surface area contributed by atoms with Crippen LogP contribution in [0, 0.1) is 6.92 Å². The summed E-state index contributed by atoms with van der Waals surface area (Å²) in [6.07, 6.45) is 0. The molecular weight excluding hydrogens is 302 g/mol. The van der Waals surface area contributed by atoms with E-state index in [-0.39, 0.29) is 0 Å². The molecule has 0 unspecified atom stereocenters. The minimum absolute atomic E-state index is 0.542. The van der Waals surface area contributed by atoms with Crippen LogP contribution >= 0.6 is 22.9 Å². The Morgan fingerprint density at radius 2 is 1.86 bits per heavy atom. The van der Waals surface area contributed by atoms with Gasteiger partial charge in [0.1, 0.15) is 15.8 Å². The number of hydrogen-bond acceptors (Lipinski definition) is 4. The van der Waals surface area contributed by atoms with Gasteiger partial charge < -0.3 is 0 Å². The minimum atomic E-state index is 0.542. The van der Waals surface area contributed by atoms with Gasteiger partial charge in [0.25, 0.3) is 0 Å². The van der Waals surface area contributed by atoms with Crippen molar-refractivity contribution >= 4 is 33.2 Å². The molecule has 21 heavy (non-hydrogen) atoms. The average Bonchev–Trinajstić information content (AvgIpc) is 2.90. The molecule has 0 bridgehead atoms. The van der Waals surface area contributed by atoms with Gasteiger partial charge >= 0.3 is 0 Å². The molecule has 3 nitrogen and oxygen atoms in total. The van der Waals surface area contributed by atoms with Crippen LogP contribution in [-0.4, -0.2) is 21.9 Å². The van der Waals surface area contributed by atoms with E-state index in [0.717, 1.165) is 22.6 Å². The van der Waals surface area contributed by atoms with Crippen LogP contribution in [0.4, 0.5) is 0 Å². The average molecular weight is 318 g/mol. The smallest absolute Gasteiger partial charge is 0.145 e. The van der Waals surface area contributed by atoms with Crippen molar-refractivity contribution in [2.24, 2.45) is 0 Å². The van der Waals surface area contributed by atoms with E-state index in [4.69, 9.17) is 11.6 Å². The molecule has 0 fully saturated rings. The van der Waals surface area contributed by atoms with E-state index in [0.29, 0.717) is 11.7 Å². The van der Waals surface area contributed by atoms with Gasteiger partial charge in [-0.15, -0.1) is 11.3 Å². The number of aryl methyl sites for hydroxylation is 1. The van der Waals surface area contributed by atoms with Gasteiger partial charge in [0.2, 0.25) is 0 Å². The zero-order valence-corrected chi connectivity index (χ0v) is 13.6. The van der Waals surface area contributed by atoms with Crippen molar-refractivity contribution in [3.05, 3.63) is 57.8 Å². The lowest BCUT2D eigenvalue weighted by atomic mass is 10.1. The first-order chi connectivity index (χ1) is 10.1. The van der Waals surface area contributed by atoms with E-state index in [9.17, 15) is 0 Å². The number of nitrogens with zero attached hydrogens (tertiary/aromatic N) is 3. The van der Waals surface area contributed by atoms with Crippen LogP contribution in [0.3, 0.4) is 0 Å². The molecule has 1 aromatic carbocycles. The molecule has 2 aromatic heterocycles. The lowest BCUT2D eigenvalue weighted by Gasteiger charge is -2.16. The highest BCUT2D eigenvalue weighted by molar-refractivity contribution is 7.16. The Kier molecular flexibility index (Phi) is 4.19. The lowest BCUT2D eigenvalue weighted by Crippen LogP contribution is -2.18. The van der Waals surface area contributed by atoms with Crippen molar-refractivity contribution in [1.29, 1.82) is 0 Å². The van der Waals surface area contributed by atoms with Crippen LogP contribution in [0.2, 0.25) is 5.15 Å². The molecule has 0 saturated heterocycles. The molecule has 0 aliphatic carbocycles. The summed E-state index contributed by atoms with van der Waals surface area (Å²) in [5.74, 6) is 0.768. The molecule has 0 spiro atoms. The number of fused-ring (bicyclic) bond motifs is 1. The largest absolute Gasteiger partial charge is 0.295 e. The number of hydrogen-bond donors (Lipinski definition) is 0. The Morgan fingerprint density at radius 3 is 2.62 bits per heavy atom. The molecule has 0 aliphatic rings. The first-order valence-electron chi connectivity index (χ1n) is 6.75. The van der Waals surface area contributed by atoms with Crippen molar-refractivity contribution in [3.8, 4) is 0 Å². The SMILES string of the molecule is Cc1ccc(CN(C)Cc2nc(Cl)c3ccsc3n2)cc1. The lowest BCUT2D eigenvalue weighted by molar-refractivity contribution is 0.311. The summed E-state index contributed by atoms with van der Waals surface area (Å²) in [6, 6.07) is 10.5. The second-order valence-corrected chi connectivity index (χ2v) is 6.48. The van der Waals surface area contributed by atoms with Crippen LogP contribution in [-0.2, 0) is 13.1 Å². The molecule has 3 aromatic rings. The van der Waals surface area contributed by atoms with Crippen molar-refractivity contribution in [2.75, 3.05) is 7.05 Å². The third-order valence-electron chi connectivity index (χ3n) is 3.31. The summed E-state index contributed by atoms with van der Waals surface area (Å²) in [4.78, 5) is 12.1. The maximum absolute atomic E-state index is 6.20. The third-order valence-corrected chi connectivity index (χ3v) is 4.40. The maximum atomic E-state index is 6.20. The highest BCUT2D eigenvalue weighted by Gasteiger charge is 2.09. The standard InChI is InChI=1S/C16H16ClN3S/c1-11-3-5-12(6-4-11)9-20(2)10-14-18-15(17)13-7-8-21-16(13)19-14/h3-8H,9-10H2,1-2H3. The van der Waals surface area contributed by atoms with Crippen molar-refractivity contribution < 1.29 is 0 Å². The van der Waals surface area contributed by atoms with Gasteiger partial charge in [-0.05, 0) is 31.0 Å². The van der Waals surface area contributed by atoms with Gasteiger partial charge in [-0.3, -0.25) is 4.90 Å². The van der Waals surface area contributed by atoms with Gasteiger partial charge in [0.15, 0.2) is 0 Å². The van der Waals surface area contributed by atoms with Gasteiger partial charge in [-0.1, -0.05) is 41.4 Å². The molecule has 3 rings (SSSR count). The molecule has 0 aliphatic heterocycles. The van der Waals surface area contributed by atoms with Crippen molar-refractivity contribution in [3.63, 3.8) is 0 Å². The number of rotatable bonds is 4. The minimum Gasteiger partial charge on any atom is -0.295 e. The van der Waals surface area contributed by atoms with E-state index >= 15 is 0 Å². The summed E-state index contributed by atoms with van der Waals surface area (Å²) in [5, 5.41) is 3.47. The maximum Gasteiger partial charge on any atom is 0.145 e. The Morgan fingerprint density at radius 1 is 1.10 bits per heavy atom. The van der Waals surface area contributed by atoms with E-state index in [1.165, 1.54) is 11.1 Å². The van der Waals surface area contributed by atoms with Crippen LogP contribution in [0.1, 0.15) is 17.0 Å². The van der Waals surface area contributed by atoms with Crippen LogP contribution in [0.25, 0.3) is 10.2 Å². The molecule has 0 saturated carbocycles. The van der Waals surface area contributed by atoms with E-state index in [2.05, 4.69) is 53.1 Å². The normalized spacial score (nSPS) is 11.4. The second kappa shape index (κ2) is 6.10. The quantitative estimate of drug-likeness (QED) is 0.672. The van der Waals surface area contributed by atoms with Gasteiger partial charge in [-0.25, -0.2) is 9.97 Å². The van der Waals surface area contributed by atoms with Gasteiger partial charge in [-0.2, -0.15) is 0 Å². The molecule has 2 heterocycles. The predicted octanol–water partition coefficient (Wildman–Crippen LogP) is 4.29. The third kappa shape index (κ3) is 3.40. The summed E-state index contributed by atoms with van der Waals surface area (Å²) in [6.45, 7) is 3.64. The molecule has 0 N–H and O–H groups in total. The topological polar surface area (TPSA) is 29.0 Å². The summed E-state index contributed by atoms with van der Waals surface area (Å²) >= 11 is 7.80. The number of halogens is 1. The van der Waals surface area contributed by atoms with Crippen LogP contribution < -0.4 is 0 Å². The fourth-order valence-electron chi connectivity index (χ4n) is 2.23. The van der Waals surface area contributed by atoms with Crippen molar-refractivity contribution in [2.45, 2.75) is 20.0 Å². The summed E-state index contributed by atoms with van der Waals surface area (Å²) in [7, 11) is 2.07. The Hall–Kier alpha value is -1.49. The fourth-order valence-corrected chi connectivity index (χ4v) is 3.32. The molecule has 5 heteroatoms. The number of benzene rings is 1.